The summed E-state index contributed by atoms with van der Waals surface area (Å²) in [5.74, 6) is 0.276. The average molecular weight is 357 g/mol. The molecule has 3 nitrogen and oxygen atoms in total. The quantitative estimate of drug-likeness (QED) is 0.788. The van der Waals surface area contributed by atoms with Crippen LogP contribution in [0.5, 0.6) is 0 Å². The highest BCUT2D eigenvalue weighted by Gasteiger charge is 2.20. The van der Waals surface area contributed by atoms with Gasteiger partial charge in [-0.1, -0.05) is 54.1 Å². The molecule has 0 aliphatic carbocycles. The maximum absolute atomic E-state index is 12.4. The minimum atomic E-state index is 0.276. The van der Waals surface area contributed by atoms with Crippen molar-refractivity contribution >= 4 is 17.5 Å². The zero-order chi connectivity index (χ0) is 17.5. The van der Waals surface area contributed by atoms with E-state index in [1.165, 1.54) is 11.1 Å². The Kier molecular flexibility index (Phi) is 6.48. The minimum absolute atomic E-state index is 0.276. The first-order valence-corrected chi connectivity index (χ1v) is 9.37. The third-order valence-electron chi connectivity index (χ3n) is 4.80. The van der Waals surface area contributed by atoms with E-state index in [0.717, 1.165) is 50.6 Å². The molecule has 0 aromatic heterocycles. The van der Waals surface area contributed by atoms with Gasteiger partial charge in [-0.05, 0) is 36.1 Å². The van der Waals surface area contributed by atoms with Crippen LogP contribution in [0.4, 0.5) is 0 Å². The van der Waals surface area contributed by atoms with Crippen molar-refractivity contribution in [3.05, 3.63) is 70.7 Å². The Morgan fingerprint density at radius 3 is 2.32 bits per heavy atom. The van der Waals surface area contributed by atoms with E-state index in [4.69, 9.17) is 11.6 Å². The number of halogens is 1. The van der Waals surface area contributed by atoms with Gasteiger partial charge in [0.2, 0.25) is 5.91 Å². The fourth-order valence-electron chi connectivity index (χ4n) is 3.25. The van der Waals surface area contributed by atoms with E-state index in [-0.39, 0.29) is 5.91 Å². The highest BCUT2D eigenvalue weighted by atomic mass is 35.5. The lowest BCUT2D eigenvalue weighted by Gasteiger charge is -2.34. The van der Waals surface area contributed by atoms with Gasteiger partial charge in [-0.3, -0.25) is 9.69 Å². The van der Waals surface area contributed by atoms with Crippen LogP contribution in [0.25, 0.3) is 0 Å². The fraction of sp³-hybridized carbons (Fsp3) is 0.381. The largest absolute Gasteiger partial charge is 0.340 e. The van der Waals surface area contributed by atoms with Crippen LogP contribution < -0.4 is 0 Å². The second kappa shape index (κ2) is 9.02. The Balaban J connectivity index is 1.38. The molecule has 1 saturated heterocycles. The number of hydrogen-bond donors (Lipinski definition) is 0. The molecule has 2 aromatic rings. The van der Waals surface area contributed by atoms with Gasteiger partial charge in [0.25, 0.3) is 0 Å². The molecule has 132 valence electrons. The highest BCUT2D eigenvalue weighted by Crippen LogP contribution is 2.13. The lowest BCUT2D eigenvalue weighted by atomic mass is 10.1. The van der Waals surface area contributed by atoms with E-state index >= 15 is 0 Å². The summed E-state index contributed by atoms with van der Waals surface area (Å²) in [6, 6.07) is 18.3. The molecule has 4 heteroatoms. The zero-order valence-electron chi connectivity index (χ0n) is 14.5. The van der Waals surface area contributed by atoms with Gasteiger partial charge in [0.15, 0.2) is 0 Å². The van der Waals surface area contributed by atoms with E-state index in [1.54, 1.807) is 0 Å². The Hall–Kier alpha value is -1.84. The number of piperazine rings is 1. The van der Waals surface area contributed by atoms with Gasteiger partial charge in [0, 0.05) is 44.2 Å². The van der Waals surface area contributed by atoms with E-state index in [1.807, 2.05) is 41.3 Å². The number of rotatable bonds is 6. The molecule has 0 bridgehead atoms. The maximum Gasteiger partial charge on any atom is 0.222 e. The van der Waals surface area contributed by atoms with Gasteiger partial charge in [0.1, 0.15) is 0 Å². The van der Waals surface area contributed by atoms with Crippen molar-refractivity contribution in [3.8, 4) is 0 Å². The maximum atomic E-state index is 12.4. The third kappa shape index (κ3) is 5.58. The molecule has 1 fully saturated rings. The summed E-state index contributed by atoms with van der Waals surface area (Å²) in [6.07, 6.45) is 2.43. The number of hydrogen-bond acceptors (Lipinski definition) is 2. The summed E-state index contributed by atoms with van der Waals surface area (Å²) in [5.41, 5.74) is 2.50. The van der Waals surface area contributed by atoms with Gasteiger partial charge in [-0.15, -0.1) is 0 Å². The van der Waals surface area contributed by atoms with Gasteiger partial charge < -0.3 is 4.90 Å². The van der Waals surface area contributed by atoms with Crippen LogP contribution >= 0.6 is 11.6 Å². The standard InChI is InChI=1S/C21H25ClN2O/c22-20-8-4-7-19(17-20)11-12-23-13-15-24(16-14-23)21(25)10-9-18-5-2-1-3-6-18/h1-8,17H,9-16H2. The molecule has 0 atom stereocenters. The molecule has 1 aliphatic rings. The van der Waals surface area contributed by atoms with Crippen LogP contribution in [0.1, 0.15) is 17.5 Å². The van der Waals surface area contributed by atoms with Gasteiger partial charge in [-0.25, -0.2) is 0 Å². The first-order valence-electron chi connectivity index (χ1n) is 8.99. The molecule has 0 radical (unpaired) electrons. The van der Waals surface area contributed by atoms with Crippen molar-refractivity contribution in [2.45, 2.75) is 19.3 Å². The Bertz CT molecular complexity index is 681. The molecular formula is C21H25ClN2O. The van der Waals surface area contributed by atoms with Gasteiger partial charge >= 0.3 is 0 Å². The number of carbonyl (C=O) groups excluding carboxylic acids is 1. The molecule has 1 heterocycles. The normalized spacial score (nSPS) is 15.3. The topological polar surface area (TPSA) is 23.6 Å². The van der Waals surface area contributed by atoms with E-state index < -0.39 is 0 Å². The van der Waals surface area contributed by atoms with Crippen LogP contribution in [0.15, 0.2) is 54.6 Å². The highest BCUT2D eigenvalue weighted by molar-refractivity contribution is 6.30. The number of amides is 1. The first-order chi connectivity index (χ1) is 12.2. The Morgan fingerprint density at radius 2 is 1.60 bits per heavy atom. The molecule has 25 heavy (non-hydrogen) atoms. The molecule has 0 N–H and O–H groups in total. The Morgan fingerprint density at radius 1 is 0.880 bits per heavy atom. The second-order valence-corrected chi connectivity index (χ2v) is 7.02. The number of aryl methyl sites for hydroxylation is 1. The first kappa shape index (κ1) is 18.0. The molecule has 1 amide bonds. The number of nitrogens with zero attached hydrogens (tertiary/aromatic N) is 2. The molecule has 0 unspecified atom stereocenters. The van der Waals surface area contributed by atoms with E-state index in [2.05, 4.69) is 23.1 Å². The summed E-state index contributed by atoms with van der Waals surface area (Å²) in [6.45, 7) is 4.61. The summed E-state index contributed by atoms with van der Waals surface area (Å²) >= 11 is 6.04. The van der Waals surface area contributed by atoms with Crippen LogP contribution in [-0.2, 0) is 17.6 Å². The lowest BCUT2D eigenvalue weighted by Crippen LogP contribution is -2.49. The number of benzene rings is 2. The van der Waals surface area contributed by atoms with E-state index in [9.17, 15) is 4.79 Å². The minimum Gasteiger partial charge on any atom is -0.340 e. The van der Waals surface area contributed by atoms with Crippen LogP contribution in [0, 0.1) is 0 Å². The predicted molar refractivity (Wildman–Crippen MR) is 103 cm³/mol. The Labute approximate surface area is 155 Å². The molecule has 2 aromatic carbocycles. The molecule has 0 saturated carbocycles. The fourth-order valence-corrected chi connectivity index (χ4v) is 3.47. The van der Waals surface area contributed by atoms with Crippen LogP contribution in [0.3, 0.4) is 0 Å². The van der Waals surface area contributed by atoms with Crippen molar-refractivity contribution in [1.82, 2.24) is 9.80 Å². The molecule has 0 spiro atoms. The SMILES string of the molecule is O=C(CCc1ccccc1)N1CCN(CCc2cccc(Cl)c2)CC1. The zero-order valence-corrected chi connectivity index (χ0v) is 15.3. The van der Waals surface area contributed by atoms with Crippen molar-refractivity contribution in [1.29, 1.82) is 0 Å². The predicted octanol–water partition coefficient (Wildman–Crippen LogP) is 3.66. The van der Waals surface area contributed by atoms with E-state index in [0.29, 0.717) is 6.42 Å². The average Bonchev–Trinajstić information content (AvgIpc) is 2.66. The van der Waals surface area contributed by atoms with Crippen molar-refractivity contribution in [2.24, 2.45) is 0 Å². The summed E-state index contributed by atoms with van der Waals surface area (Å²) < 4.78 is 0. The molecule has 3 rings (SSSR count). The third-order valence-corrected chi connectivity index (χ3v) is 5.04. The summed E-state index contributed by atoms with van der Waals surface area (Å²) in [7, 11) is 0. The van der Waals surface area contributed by atoms with Crippen molar-refractivity contribution < 1.29 is 4.79 Å². The van der Waals surface area contributed by atoms with Crippen LogP contribution in [-0.4, -0.2) is 48.4 Å². The molecular weight excluding hydrogens is 332 g/mol. The van der Waals surface area contributed by atoms with Crippen LogP contribution in [0.2, 0.25) is 5.02 Å². The lowest BCUT2D eigenvalue weighted by molar-refractivity contribution is -0.132. The molecule has 1 aliphatic heterocycles. The van der Waals surface area contributed by atoms with Crippen molar-refractivity contribution in [3.63, 3.8) is 0 Å². The smallest absolute Gasteiger partial charge is 0.222 e. The van der Waals surface area contributed by atoms with Gasteiger partial charge in [-0.2, -0.15) is 0 Å². The summed E-state index contributed by atoms with van der Waals surface area (Å²) in [5, 5.41) is 0.798. The monoisotopic (exact) mass is 356 g/mol. The van der Waals surface area contributed by atoms with Gasteiger partial charge in [0.05, 0.1) is 0 Å². The number of carbonyl (C=O) groups is 1. The van der Waals surface area contributed by atoms with Crippen molar-refractivity contribution in [2.75, 3.05) is 32.7 Å². The summed E-state index contributed by atoms with van der Waals surface area (Å²) in [4.78, 5) is 16.8. The second-order valence-electron chi connectivity index (χ2n) is 6.59.